The largest absolute Gasteiger partial charge is 0.465 e. The fourth-order valence-corrected chi connectivity index (χ4v) is 2.05. The van der Waals surface area contributed by atoms with Crippen LogP contribution in [0.5, 0.6) is 0 Å². The van der Waals surface area contributed by atoms with Crippen molar-refractivity contribution in [2.24, 2.45) is 0 Å². The number of aromatic nitrogens is 2. The summed E-state index contributed by atoms with van der Waals surface area (Å²) in [6, 6.07) is 0. The third kappa shape index (κ3) is 4.14. The van der Waals surface area contributed by atoms with E-state index in [-0.39, 0.29) is 19.1 Å². The van der Waals surface area contributed by atoms with Crippen LogP contribution in [0.2, 0.25) is 0 Å². The Labute approximate surface area is 128 Å². The van der Waals surface area contributed by atoms with E-state index < -0.39 is 5.97 Å². The van der Waals surface area contributed by atoms with Gasteiger partial charge in [-0.3, -0.25) is 9.59 Å². The molecule has 1 N–H and O–H groups in total. The number of morpholine rings is 1. The molecule has 1 fully saturated rings. The van der Waals surface area contributed by atoms with Crippen LogP contribution in [0.3, 0.4) is 0 Å². The maximum atomic E-state index is 12.0. The quantitative estimate of drug-likeness (QED) is 0.760. The highest BCUT2D eigenvalue weighted by Crippen LogP contribution is 2.12. The number of carbonyl (C=O) groups is 2. The van der Waals surface area contributed by atoms with Gasteiger partial charge in [0.05, 0.1) is 31.1 Å². The molecular weight excluding hydrogens is 288 g/mol. The minimum Gasteiger partial charge on any atom is -0.465 e. The monoisotopic (exact) mass is 308 g/mol. The SMILES string of the molecule is CCOC(=O)CNC(=O)c1cnc(N2CCOCC2)nc1C. The lowest BCUT2D eigenvalue weighted by atomic mass is 10.2. The van der Waals surface area contributed by atoms with Gasteiger partial charge in [0.15, 0.2) is 0 Å². The first-order valence-corrected chi connectivity index (χ1v) is 7.22. The van der Waals surface area contributed by atoms with Gasteiger partial charge in [-0.05, 0) is 13.8 Å². The predicted molar refractivity (Wildman–Crippen MR) is 78.8 cm³/mol. The summed E-state index contributed by atoms with van der Waals surface area (Å²) < 4.78 is 10.0. The molecule has 0 unspecified atom stereocenters. The number of ether oxygens (including phenoxy) is 2. The maximum absolute atomic E-state index is 12.0. The van der Waals surface area contributed by atoms with Crippen LogP contribution >= 0.6 is 0 Å². The first kappa shape index (κ1) is 16.2. The van der Waals surface area contributed by atoms with Gasteiger partial charge in [-0.25, -0.2) is 9.97 Å². The summed E-state index contributed by atoms with van der Waals surface area (Å²) in [5, 5.41) is 2.50. The van der Waals surface area contributed by atoms with Crippen molar-refractivity contribution >= 4 is 17.8 Å². The molecule has 1 amide bonds. The molecular formula is C14H20N4O4. The van der Waals surface area contributed by atoms with Crippen molar-refractivity contribution in [1.82, 2.24) is 15.3 Å². The van der Waals surface area contributed by atoms with Crippen LogP contribution in [0, 0.1) is 6.92 Å². The van der Waals surface area contributed by atoms with E-state index in [0.717, 1.165) is 13.1 Å². The molecule has 0 aliphatic carbocycles. The smallest absolute Gasteiger partial charge is 0.325 e. The van der Waals surface area contributed by atoms with E-state index in [0.29, 0.717) is 30.4 Å². The van der Waals surface area contributed by atoms with E-state index in [9.17, 15) is 9.59 Å². The van der Waals surface area contributed by atoms with E-state index in [1.807, 2.05) is 4.90 Å². The first-order valence-electron chi connectivity index (χ1n) is 7.22. The number of anilines is 1. The molecule has 0 atom stereocenters. The zero-order valence-corrected chi connectivity index (χ0v) is 12.8. The second-order valence-corrected chi connectivity index (χ2v) is 4.76. The Balaban J connectivity index is 1.99. The molecule has 2 rings (SSSR count). The number of amides is 1. The number of nitrogens with zero attached hydrogens (tertiary/aromatic N) is 3. The Kier molecular flexibility index (Phi) is 5.65. The molecule has 2 heterocycles. The Morgan fingerprint density at radius 2 is 2.14 bits per heavy atom. The minimum atomic E-state index is -0.473. The van der Waals surface area contributed by atoms with Crippen molar-refractivity contribution in [2.75, 3.05) is 44.4 Å². The summed E-state index contributed by atoms with van der Waals surface area (Å²) in [5.74, 6) is -0.277. The summed E-state index contributed by atoms with van der Waals surface area (Å²) in [4.78, 5) is 33.9. The summed E-state index contributed by atoms with van der Waals surface area (Å²) in [7, 11) is 0. The van der Waals surface area contributed by atoms with Crippen LogP contribution in [0.1, 0.15) is 23.0 Å². The third-order valence-corrected chi connectivity index (χ3v) is 3.20. The van der Waals surface area contributed by atoms with Crippen molar-refractivity contribution in [2.45, 2.75) is 13.8 Å². The molecule has 22 heavy (non-hydrogen) atoms. The van der Waals surface area contributed by atoms with Gasteiger partial charge in [-0.2, -0.15) is 0 Å². The topological polar surface area (TPSA) is 93.6 Å². The minimum absolute atomic E-state index is 0.169. The molecule has 0 bridgehead atoms. The van der Waals surface area contributed by atoms with E-state index in [4.69, 9.17) is 9.47 Å². The van der Waals surface area contributed by atoms with Crippen molar-refractivity contribution in [3.8, 4) is 0 Å². The number of aryl methyl sites for hydroxylation is 1. The second-order valence-electron chi connectivity index (χ2n) is 4.76. The second kappa shape index (κ2) is 7.69. The van der Waals surface area contributed by atoms with Gasteiger partial charge in [0.2, 0.25) is 5.95 Å². The number of rotatable bonds is 5. The Bertz CT molecular complexity index is 544. The standard InChI is InChI=1S/C14H20N4O4/c1-3-22-12(19)9-15-13(20)11-8-16-14(17-10(11)2)18-4-6-21-7-5-18/h8H,3-7,9H2,1-2H3,(H,15,20). The molecule has 8 heteroatoms. The number of carbonyl (C=O) groups excluding carboxylic acids is 2. The van der Waals surface area contributed by atoms with Crippen molar-refractivity contribution in [3.63, 3.8) is 0 Å². The fourth-order valence-electron chi connectivity index (χ4n) is 2.05. The first-order chi connectivity index (χ1) is 10.6. The highest BCUT2D eigenvalue weighted by molar-refractivity contribution is 5.96. The zero-order valence-electron chi connectivity index (χ0n) is 12.8. The molecule has 1 aromatic rings. The van der Waals surface area contributed by atoms with Crippen LogP contribution in [-0.2, 0) is 14.3 Å². The van der Waals surface area contributed by atoms with Crippen molar-refractivity contribution in [3.05, 3.63) is 17.5 Å². The molecule has 0 aromatic carbocycles. The number of esters is 1. The molecule has 1 aliphatic heterocycles. The number of hydrogen-bond donors (Lipinski definition) is 1. The average molecular weight is 308 g/mol. The van der Waals surface area contributed by atoms with Crippen LogP contribution in [-0.4, -0.2) is 61.3 Å². The molecule has 120 valence electrons. The van der Waals surface area contributed by atoms with E-state index in [1.165, 1.54) is 6.20 Å². The summed E-state index contributed by atoms with van der Waals surface area (Å²) in [6.45, 7) is 6.31. The summed E-state index contributed by atoms with van der Waals surface area (Å²) >= 11 is 0. The van der Waals surface area contributed by atoms with E-state index >= 15 is 0 Å². The van der Waals surface area contributed by atoms with Crippen molar-refractivity contribution < 1.29 is 19.1 Å². The molecule has 1 aromatic heterocycles. The third-order valence-electron chi connectivity index (χ3n) is 3.20. The lowest BCUT2D eigenvalue weighted by Gasteiger charge is -2.27. The Morgan fingerprint density at radius 3 is 2.77 bits per heavy atom. The number of nitrogens with one attached hydrogen (secondary N) is 1. The van der Waals surface area contributed by atoms with Gasteiger partial charge in [0.1, 0.15) is 6.54 Å². The van der Waals surface area contributed by atoms with Crippen LogP contribution in [0.4, 0.5) is 5.95 Å². The zero-order chi connectivity index (χ0) is 15.9. The van der Waals surface area contributed by atoms with E-state index in [2.05, 4.69) is 15.3 Å². The van der Waals surface area contributed by atoms with Crippen LogP contribution in [0.15, 0.2) is 6.20 Å². The van der Waals surface area contributed by atoms with Gasteiger partial charge in [0, 0.05) is 19.3 Å². The van der Waals surface area contributed by atoms with Gasteiger partial charge >= 0.3 is 5.97 Å². The lowest BCUT2D eigenvalue weighted by molar-refractivity contribution is -0.141. The van der Waals surface area contributed by atoms with Gasteiger partial charge < -0.3 is 19.7 Å². The van der Waals surface area contributed by atoms with Gasteiger partial charge in [-0.15, -0.1) is 0 Å². The van der Waals surface area contributed by atoms with Gasteiger partial charge in [-0.1, -0.05) is 0 Å². The highest BCUT2D eigenvalue weighted by Gasteiger charge is 2.17. The summed E-state index contributed by atoms with van der Waals surface area (Å²) in [5.41, 5.74) is 0.916. The number of hydrogen-bond acceptors (Lipinski definition) is 7. The molecule has 8 nitrogen and oxygen atoms in total. The molecule has 1 saturated heterocycles. The van der Waals surface area contributed by atoms with Gasteiger partial charge in [0.25, 0.3) is 5.91 Å². The fraction of sp³-hybridized carbons (Fsp3) is 0.571. The average Bonchev–Trinajstić information content (AvgIpc) is 2.53. The van der Waals surface area contributed by atoms with E-state index in [1.54, 1.807) is 13.8 Å². The molecule has 1 aliphatic rings. The molecule has 0 saturated carbocycles. The Hall–Kier alpha value is -2.22. The predicted octanol–water partition coefficient (Wildman–Crippen LogP) is -0.0855. The lowest BCUT2D eigenvalue weighted by Crippen LogP contribution is -2.37. The normalized spacial score (nSPS) is 14.5. The van der Waals surface area contributed by atoms with Crippen LogP contribution < -0.4 is 10.2 Å². The maximum Gasteiger partial charge on any atom is 0.325 e. The van der Waals surface area contributed by atoms with Crippen LogP contribution in [0.25, 0.3) is 0 Å². The molecule has 0 spiro atoms. The summed E-state index contributed by atoms with van der Waals surface area (Å²) in [6.07, 6.45) is 1.48. The molecule has 0 radical (unpaired) electrons. The van der Waals surface area contributed by atoms with Crippen molar-refractivity contribution in [1.29, 1.82) is 0 Å². The highest BCUT2D eigenvalue weighted by atomic mass is 16.5. The Morgan fingerprint density at radius 1 is 1.41 bits per heavy atom.